The number of nitrogens with zero attached hydrogens (tertiary/aromatic N) is 5. The third-order valence-corrected chi connectivity index (χ3v) is 5.18. The first kappa shape index (κ1) is 19.6. The van der Waals surface area contributed by atoms with Gasteiger partial charge < -0.3 is 15.4 Å². The molecule has 0 bridgehead atoms. The molecule has 1 atom stereocenters. The SMILES string of the molecule is C=CC(=O)N1CCC(COc2ncnc(N)c2-c2cnn(Cc3ccccc3)c2)C1. The number of hydrogen-bond acceptors (Lipinski definition) is 6. The molecule has 154 valence electrons. The van der Waals surface area contributed by atoms with Gasteiger partial charge in [0, 0.05) is 30.8 Å². The fourth-order valence-electron chi connectivity index (χ4n) is 3.61. The van der Waals surface area contributed by atoms with E-state index in [1.807, 2.05) is 29.1 Å². The van der Waals surface area contributed by atoms with E-state index >= 15 is 0 Å². The zero-order chi connectivity index (χ0) is 20.9. The smallest absolute Gasteiger partial charge is 0.245 e. The van der Waals surface area contributed by atoms with E-state index < -0.39 is 0 Å². The molecule has 1 aliphatic rings. The van der Waals surface area contributed by atoms with Crippen molar-refractivity contribution in [2.24, 2.45) is 5.92 Å². The number of ether oxygens (including phenoxy) is 1. The van der Waals surface area contributed by atoms with Crippen LogP contribution in [-0.2, 0) is 11.3 Å². The Kier molecular flexibility index (Phi) is 5.74. The number of likely N-dealkylation sites (tertiary alicyclic amines) is 1. The van der Waals surface area contributed by atoms with Gasteiger partial charge in [-0.3, -0.25) is 9.48 Å². The molecule has 3 heterocycles. The van der Waals surface area contributed by atoms with Gasteiger partial charge in [0.2, 0.25) is 11.8 Å². The number of benzene rings is 1. The molecule has 1 saturated heterocycles. The van der Waals surface area contributed by atoms with Crippen molar-refractivity contribution in [1.82, 2.24) is 24.6 Å². The number of amides is 1. The maximum atomic E-state index is 11.8. The van der Waals surface area contributed by atoms with Crippen LogP contribution in [0.1, 0.15) is 12.0 Å². The van der Waals surface area contributed by atoms with Gasteiger partial charge in [0.1, 0.15) is 12.1 Å². The quantitative estimate of drug-likeness (QED) is 0.607. The van der Waals surface area contributed by atoms with Gasteiger partial charge in [-0.25, -0.2) is 9.97 Å². The molecule has 1 aliphatic heterocycles. The standard InChI is InChI=1S/C22H24N6O2/c1-2-19(29)27-9-8-17(11-27)14-30-22-20(21(23)24-15-25-22)18-10-26-28(13-18)12-16-6-4-3-5-7-16/h2-7,10,13,15,17H,1,8-9,11-12,14H2,(H2,23,24,25). The van der Waals surface area contributed by atoms with Crippen molar-refractivity contribution in [3.63, 3.8) is 0 Å². The molecular weight excluding hydrogens is 380 g/mol. The average Bonchev–Trinajstić information content (AvgIpc) is 3.42. The van der Waals surface area contributed by atoms with E-state index in [1.54, 1.807) is 11.1 Å². The summed E-state index contributed by atoms with van der Waals surface area (Å²) in [5, 5.41) is 4.44. The van der Waals surface area contributed by atoms with Gasteiger partial charge >= 0.3 is 0 Å². The third kappa shape index (κ3) is 4.32. The topological polar surface area (TPSA) is 99.2 Å². The minimum absolute atomic E-state index is 0.0460. The van der Waals surface area contributed by atoms with Crippen molar-refractivity contribution in [2.75, 3.05) is 25.4 Å². The second-order valence-electron chi connectivity index (χ2n) is 7.31. The van der Waals surface area contributed by atoms with E-state index in [0.29, 0.717) is 43.5 Å². The van der Waals surface area contributed by atoms with Crippen LogP contribution < -0.4 is 10.5 Å². The number of carbonyl (C=O) groups excluding carboxylic acids is 1. The molecule has 2 aromatic heterocycles. The Hall–Kier alpha value is -3.68. The van der Waals surface area contributed by atoms with Crippen LogP contribution >= 0.6 is 0 Å². The molecule has 30 heavy (non-hydrogen) atoms. The summed E-state index contributed by atoms with van der Waals surface area (Å²) < 4.78 is 7.86. The first-order valence-corrected chi connectivity index (χ1v) is 9.85. The highest BCUT2D eigenvalue weighted by molar-refractivity contribution is 5.87. The van der Waals surface area contributed by atoms with E-state index in [0.717, 1.165) is 17.5 Å². The van der Waals surface area contributed by atoms with Crippen LogP contribution in [0.3, 0.4) is 0 Å². The fraction of sp³-hybridized carbons (Fsp3) is 0.273. The molecule has 3 aromatic rings. The minimum Gasteiger partial charge on any atom is -0.477 e. The van der Waals surface area contributed by atoms with Crippen LogP contribution in [0.5, 0.6) is 5.88 Å². The van der Waals surface area contributed by atoms with Crippen LogP contribution in [0.2, 0.25) is 0 Å². The van der Waals surface area contributed by atoms with E-state index in [1.165, 1.54) is 12.4 Å². The van der Waals surface area contributed by atoms with Gasteiger partial charge in [-0.1, -0.05) is 36.9 Å². The normalized spacial score (nSPS) is 15.9. The van der Waals surface area contributed by atoms with Gasteiger partial charge in [-0.2, -0.15) is 5.10 Å². The fourth-order valence-corrected chi connectivity index (χ4v) is 3.61. The second-order valence-corrected chi connectivity index (χ2v) is 7.31. The van der Waals surface area contributed by atoms with Crippen LogP contribution in [0, 0.1) is 5.92 Å². The molecule has 0 aliphatic carbocycles. The summed E-state index contributed by atoms with van der Waals surface area (Å²) in [6.45, 7) is 6.01. The molecule has 8 nitrogen and oxygen atoms in total. The maximum absolute atomic E-state index is 11.8. The van der Waals surface area contributed by atoms with Crippen molar-refractivity contribution in [3.05, 3.63) is 67.3 Å². The Morgan fingerprint density at radius 3 is 2.93 bits per heavy atom. The zero-order valence-electron chi connectivity index (χ0n) is 16.6. The Morgan fingerprint density at radius 1 is 1.30 bits per heavy atom. The summed E-state index contributed by atoms with van der Waals surface area (Å²) in [6.07, 6.45) is 7.27. The number of anilines is 1. The van der Waals surface area contributed by atoms with Gasteiger partial charge in [-0.15, -0.1) is 0 Å². The van der Waals surface area contributed by atoms with E-state index in [2.05, 4.69) is 33.8 Å². The van der Waals surface area contributed by atoms with Gasteiger partial charge in [-0.05, 0) is 18.1 Å². The van der Waals surface area contributed by atoms with Gasteiger partial charge in [0.25, 0.3) is 0 Å². The van der Waals surface area contributed by atoms with Crippen molar-refractivity contribution in [2.45, 2.75) is 13.0 Å². The lowest BCUT2D eigenvalue weighted by Gasteiger charge is -2.15. The lowest BCUT2D eigenvalue weighted by Crippen LogP contribution is -2.27. The lowest BCUT2D eigenvalue weighted by molar-refractivity contribution is -0.125. The minimum atomic E-state index is -0.0460. The third-order valence-electron chi connectivity index (χ3n) is 5.18. The number of nitrogens with two attached hydrogens (primary N) is 1. The van der Waals surface area contributed by atoms with Crippen LogP contribution in [0.15, 0.2) is 61.7 Å². The van der Waals surface area contributed by atoms with E-state index in [9.17, 15) is 4.79 Å². The van der Waals surface area contributed by atoms with E-state index in [4.69, 9.17) is 10.5 Å². The predicted octanol–water partition coefficient (Wildman–Crippen LogP) is 2.38. The molecule has 4 rings (SSSR count). The van der Waals surface area contributed by atoms with E-state index in [-0.39, 0.29) is 11.8 Å². The molecule has 0 spiro atoms. The molecule has 1 fully saturated rings. The van der Waals surface area contributed by atoms with Crippen molar-refractivity contribution < 1.29 is 9.53 Å². The van der Waals surface area contributed by atoms with Crippen molar-refractivity contribution in [1.29, 1.82) is 0 Å². The summed E-state index contributed by atoms with van der Waals surface area (Å²) in [5.74, 6) is 0.957. The van der Waals surface area contributed by atoms with Crippen molar-refractivity contribution in [3.8, 4) is 17.0 Å². The Labute approximate surface area is 175 Å². The first-order chi connectivity index (χ1) is 14.6. The van der Waals surface area contributed by atoms with Crippen LogP contribution in [0.4, 0.5) is 5.82 Å². The second kappa shape index (κ2) is 8.77. The molecule has 0 saturated carbocycles. The van der Waals surface area contributed by atoms with Gasteiger partial charge in [0.15, 0.2) is 0 Å². The molecule has 1 amide bonds. The van der Waals surface area contributed by atoms with Crippen molar-refractivity contribution >= 4 is 11.7 Å². The first-order valence-electron chi connectivity index (χ1n) is 9.85. The Bertz CT molecular complexity index is 1030. The zero-order valence-corrected chi connectivity index (χ0v) is 16.6. The van der Waals surface area contributed by atoms with Crippen LogP contribution in [0.25, 0.3) is 11.1 Å². The predicted molar refractivity (Wildman–Crippen MR) is 114 cm³/mol. The average molecular weight is 404 g/mol. The maximum Gasteiger partial charge on any atom is 0.245 e. The number of nitrogen functional groups attached to an aromatic ring is 1. The summed E-state index contributed by atoms with van der Waals surface area (Å²) in [6, 6.07) is 10.1. The molecule has 8 heteroatoms. The number of aromatic nitrogens is 4. The Morgan fingerprint density at radius 2 is 2.13 bits per heavy atom. The lowest BCUT2D eigenvalue weighted by atomic mass is 10.1. The molecule has 1 unspecified atom stereocenters. The molecule has 2 N–H and O–H groups in total. The summed E-state index contributed by atoms with van der Waals surface area (Å²) in [5.41, 5.74) is 8.73. The highest BCUT2D eigenvalue weighted by Crippen LogP contribution is 2.32. The Balaban J connectivity index is 1.47. The van der Waals surface area contributed by atoms with Crippen LogP contribution in [-0.4, -0.2) is 50.3 Å². The largest absolute Gasteiger partial charge is 0.477 e. The number of hydrogen-bond donors (Lipinski definition) is 1. The molecular formula is C22H24N6O2. The summed E-state index contributed by atoms with van der Waals surface area (Å²) in [4.78, 5) is 22.0. The highest BCUT2D eigenvalue weighted by atomic mass is 16.5. The summed E-state index contributed by atoms with van der Waals surface area (Å²) >= 11 is 0. The molecule has 1 aromatic carbocycles. The molecule has 0 radical (unpaired) electrons. The monoisotopic (exact) mass is 404 g/mol. The summed E-state index contributed by atoms with van der Waals surface area (Å²) in [7, 11) is 0. The highest BCUT2D eigenvalue weighted by Gasteiger charge is 2.26. The number of rotatable bonds is 7. The number of carbonyl (C=O) groups is 1. The van der Waals surface area contributed by atoms with Gasteiger partial charge in [0.05, 0.1) is 24.9 Å².